The zero-order chi connectivity index (χ0) is 19.7. The zero-order valence-corrected chi connectivity index (χ0v) is 15.2. The molecule has 27 heavy (non-hydrogen) atoms. The van der Waals surface area contributed by atoms with Gasteiger partial charge >= 0.3 is 6.03 Å². The third kappa shape index (κ3) is 3.37. The van der Waals surface area contributed by atoms with E-state index >= 15 is 0 Å². The van der Waals surface area contributed by atoms with Crippen LogP contribution < -0.4 is 15.0 Å². The van der Waals surface area contributed by atoms with E-state index < -0.39 is 17.8 Å². The van der Waals surface area contributed by atoms with Crippen molar-refractivity contribution >= 4 is 41.2 Å². The molecule has 0 saturated carbocycles. The van der Waals surface area contributed by atoms with Gasteiger partial charge in [0.25, 0.3) is 11.8 Å². The van der Waals surface area contributed by atoms with Gasteiger partial charge in [-0.15, -0.1) is 0 Å². The SMILES string of the molecule is COc1cc(/C=C2\C(=O)NC(=O)N(c3ccccc3C)C2=O)cc(Cl)c1O. The van der Waals surface area contributed by atoms with E-state index in [0.717, 1.165) is 4.90 Å². The van der Waals surface area contributed by atoms with Crippen molar-refractivity contribution in [2.75, 3.05) is 12.0 Å². The van der Waals surface area contributed by atoms with E-state index in [0.29, 0.717) is 16.8 Å². The fourth-order valence-corrected chi connectivity index (χ4v) is 2.91. The van der Waals surface area contributed by atoms with Gasteiger partial charge in [-0.25, -0.2) is 9.69 Å². The van der Waals surface area contributed by atoms with Crippen molar-refractivity contribution in [2.24, 2.45) is 0 Å². The van der Waals surface area contributed by atoms with Gasteiger partial charge < -0.3 is 9.84 Å². The molecule has 0 bridgehead atoms. The van der Waals surface area contributed by atoms with Gasteiger partial charge in [-0.2, -0.15) is 0 Å². The Bertz CT molecular complexity index is 1000. The highest BCUT2D eigenvalue weighted by atomic mass is 35.5. The molecule has 2 aromatic carbocycles. The summed E-state index contributed by atoms with van der Waals surface area (Å²) in [6.07, 6.45) is 1.28. The molecule has 0 atom stereocenters. The number of ether oxygens (including phenoxy) is 1. The van der Waals surface area contributed by atoms with Crippen molar-refractivity contribution in [2.45, 2.75) is 6.92 Å². The van der Waals surface area contributed by atoms with Crippen LogP contribution in [0.2, 0.25) is 5.02 Å². The Morgan fingerprint density at radius 3 is 2.56 bits per heavy atom. The Morgan fingerprint density at radius 1 is 1.19 bits per heavy atom. The average molecular weight is 387 g/mol. The van der Waals surface area contributed by atoms with Crippen LogP contribution in [-0.2, 0) is 9.59 Å². The zero-order valence-electron chi connectivity index (χ0n) is 14.4. The van der Waals surface area contributed by atoms with Gasteiger partial charge in [0.1, 0.15) is 5.57 Å². The van der Waals surface area contributed by atoms with Crippen molar-refractivity contribution in [3.8, 4) is 11.5 Å². The third-order valence-corrected chi connectivity index (χ3v) is 4.33. The molecule has 2 aromatic rings. The molecule has 8 heteroatoms. The summed E-state index contributed by atoms with van der Waals surface area (Å²) >= 11 is 5.95. The first-order valence-electron chi connectivity index (χ1n) is 7.87. The van der Waals surface area contributed by atoms with Gasteiger partial charge in [0.05, 0.1) is 17.8 Å². The number of benzene rings is 2. The van der Waals surface area contributed by atoms with Crippen LogP contribution in [0.4, 0.5) is 10.5 Å². The molecule has 0 spiro atoms. The topological polar surface area (TPSA) is 95.9 Å². The van der Waals surface area contributed by atoms with E-state index in [-0.39, 0.29) is 22.1 Å². The van der Waals surface area contributed by atoms with E-state index in [1.807, 2.05) is 0 Å². The summed E-state index contributed by atoms with van der Waals surface area (Å²) in [5, 5.41) is 12.0. The molecule has 1 aliphatic rings. The van der Waals surface area contributed by atoms with Crippen LogP contribution in [-0.4, -0.2) is 30.1 Å². The van der Waals surface area contributed by atoms with Gasteiger partial charge in [-0.3, -0.25) is 14.9 Å². The maximum atomic E-state index is 12.9. The predicted molar refractivity (Wildman–Crippen MR) is 99.8 cm³/mol. The van der Waals surface area contributed by atoms with Crippen molar-refractivity contribution < 1.29 is 24.2 Å². The fourth-order valence-electron chi connectivity index (χ4n) is 2.69. The number of phenolic OH excluding ortho intramolecular Hbond substituents is 1. The number of amides is 4. The molecule has 1 aliphatic heterocycles. The molecule has 1 heterocycles. The first kappa shape index (κ1) is 18.5. The van der Waals surface area contributed by atoms with Crippen LogP contribution in [0, 0.1) is 6.92 Å². The van der Waals surface area contributed by atoms with Crippen molar-refractivity contribution in [1.29, 1.82) is 0 Å². The summed E-state index contributed by atoms with van der Waals surface area (Å²) in [6, 6.07) is 8.80. The molecule has 0 unspecified atom stereocenters. The van der Waals surface area contributed by atoms with Crippen LogP contribution in [0.1, 0.15) is 11.1 Å². The number of para-hydroxylation sites is 1. The van der Waals surface area contributed by atoms with E-state index in [1.54, 1.807) is 31.2 Å². The Morgan fingerprint density at radius 2 is 1.89 bits per heavy atom. The number of hydrogen-bond acceptors (Lipinski definition) is 5. The quantitative estimate of drug-likeness (QED) is 0.624. The third-order valence-electron chi connectivity index (χ3n) is 4.04. The highest BCUT2D eigenvalue weighted by molar-refractivity contribution is 6.39. The summed E-state index contributed by atoms with van der Waals surface area (Å²) in [7, 11) is 1.35. The van der Waals surface area contributed by atoms with Crippen LogP contribution in [0.3, 0.4) is 0 Å². The molecule has 138 valence electrons. The maximum Gasteiger partial charge on any atom is 0.335 e. The normalized spacial score (nSPS) is 15.9. The number of rotatable bonds is 3. The summed E-state index contributed by atoms with van der Waals surface area (Å²) in [5.74, 6) is -1.75. The van der Waals surface area contributed by atoms with Crippen LogP contribution >= 0.6 is 11.6 Å². The lowest BCUT2D eigenvalue weighted by Crippen LogP contribution is -2.54. The number of carbonyl (C=O) groups excluding carboxylic acids is 3. The lowest BCUT2D eigenvalue weighted by molar-refractivity contribution is -0.122. The number of imide groups is 2. The number of anilines is 1. The second-order valence-electron chi connectivity index (χ2n) is 5.80. The van der Waals surface area contributed by atoms with Crippen molar-refractivity contribution in [3.63, 3.8) is 0 Å². The lowest BCUT2D eigenvalue weighted by atomic mass is 10.1. The number of aryl methyl sites for hydroxylation is 1. The van der Waals surface area contributed by atoms with E-state index in [2.05, 4.69) is 5.32 Å². The number of hydrogen-bond donors (Lipinski definition) is 2. The van der Waals surface area contributed by atoms with Crippen LogP contribution in [0.5, 0.6) is 11.5 Å². The van der Waals surface area contributed by atoms with Crippen LogP contribution in [0.15, 0.2) is 42.0 Å². The Hall–Kier alpha value is -3.32. The van der Waals surface area contributed by atoms with Gasteiger partial charge in [0.2, 0.25) is 0 Å². The Balaban J connectivity index is 2.08. The second kappa shape index (κ2) is 7.13. The van der Waals surface area contributed by atoms with Crippen LogP contribution in [0.25, 0.3) is 6.08 Å². The number of urea groups is 1. The van der Waals surface area contributed by atoms with E-state index in [4.69, 9.17) is 16.3 Å². The summed E-state index contributed by atoms with van der Waals surface area (Å²) in [6.45, 7) is 1.75. The fraction of sp³-hybridized carbons (Fsp3) is 0.105. The number of nitrogens with one attached hydrogen (secondary N) is 1. The minimum Gasteiger partial charge on any atom is -0.503 e. The molecule has 4 amide bonds. The van der Waals surface area contributed by atoms with E-state index in [9.17, 15) is 19.5 Å². The molecule has 2 N–H and O–H groups in total. The molecular weight excluding hydrogens is 372 g/mol. The minimum atomic E-state index is -0.822. The molecule has 3 rings (SSSR count). The highest BCUT2D eigenvalue weighted by Crippen LogP contribution is 2.36. The van der Waals surface area contributed by atoms with Gasteiger partial charge in [-0.1, -0.05) is 29.8 Å². The molecular formula is C19H15ClN2O5. The predicted octanol–water partition coefficient (Wildman–Crippen LogP) is 3.03. The maximum absolute atomic E-state index is 12.9. The number of carbonyl (C=O) groups is 3. The number of nitrogens with zero attached hydrogens (tertiary/aromatic N) is 1. The summed E-state index contributed by atoms with van der Waals surface area (Å²) in [5.41, 5.74) is 1.18. The van der Waals surface area contributed by atoms with Crippen molar-refractivity contribution in [3.05, 3.63) is 58.1 Å². The second-order valence-corrected chi connectivity index (χ2v) is 6.21. The number of barbiturate groups is 1. The minimum absolute atomic E-state index is 0.00305. The number of phenols is 1. The smallest absolute Gasteiger partial charge is 0.335 e. The first-order valence-corrected chi connectivity index (χ1v) is 8.25. The number of methoxy groups -OCH3 is 1. The molecule has 1 saturated heterocycles. The highest BCUT2D eigenvalue weighted by Gasteiger charge is 2.37. The van der Waals surface area contributed by atoms with Gasteiger partial charge in [0.15, 0.2) is 11.5 Å². The molecule has 7 nitrogen and oxygen atoms in total. The number of aromatic hydroxyl groups is 1. The van der Waals surface area contributed by atoms with Gasteiger partial charge in [-0.05, 0) is 42.3 Å². The van der Waals surface area contributed by atoms with Gasteiger partial charge in [0, 0.05) is 0 Å². The lowest BCUT2D eigenvalue weighted by Gasteiger charge is -2.27. The molecule has 0 aromatic heterocycles. The Kier molecular flexibility index (Phi) is 4.87. The monoisotopic (exact) mass is 386 g/mol. The summed E-state index contributed by atoms with van der Waals surface area (Å²) in [4.78, 5) is 38.2. The molecule has 0 aliphatic carbocycles. The largest absolute Gasteiger partial charge is 0.503 e. The Labute approximate surface area is 159 Å². The van der Waals surface area contributed by atoms with E-state index in [1.165, 1.54) is 25.3 Å². The first-order chi connectivity index (χ1) is 12.8. The summed E-state index contributed by atoms with van der Waals surface area (Å²) < 4.78 is 5.02. The van der Waals surface area contributed by atoms with Crippen molar-refractivity contribution in [1.82, 2.24) is 5.32 Å². The average Bonchev–Trinajstić information content (AvgIpc) is 2.62. The molecule has 1 fully saturated rings. The molecule has 0 radical (unpaired) electrons. The number of halogens is 1. The standard InChI is InChI=1S/C19H15ClN2O5/c1-10-5-3-4-6-14(10)22-18(25)12(17(24)21-19(22)26)7-11-8-13(20)16(23)15(9-11)27-2/h3-9,23H,1-2H3,(H,21,24,26)/b12-7+.